The van der Waals surface area contributed by atoms with E-state index in [9.17, 15) is 9.59 Å². The van der Waals surface area contributed by atoms with Crippen LogP contribution in [-0.4, -0.2) is 32.3 Å². The molecule has 0 aliphatic carbocycles. The molecule has 0 aromatic heterocycles. The lowest BCUT2D eigenvalue weighted by Crippen LogP contribution is -2.34. The number of esters is 1. The van der Waals surface area contributed by atoms with Gasteiger partial charge in [0.1, 0.15) is 12.3 Å². The molecule has 7 heteroatoms. The number of hydrogen-bond donors (Lipinski definition) is 2. The first-order valence-corrected chi connectivity index (χ1v) is 5.98. The summed E-state index contributed by atoms with van der Waals surface area (Å²) in [6.07, 6.45) is 0. The van der Waals surface area contributed by atoms with E-state index in [2.05, 4.69) is 15.4 Å². The van der Waals surface area contributed by atoms with E-state index in [0.717, 1.165) is 0 Å². The fourth-order valence-electron chi connectivity index (χ4n) is 1.28. The van der Waals surface area contributed by atoms with Crippen molar-refractivity contribution in [1.29, 1.82) is 0 Å². The predicted octanol–water partition coefficient (Wildman–Crippen LogP) is 2.03. The number of anilines is 1. The van der Waals surface area contributed by atoms with Crippen molar-refractivity contribution < 1.29 is 19.1 Å². The van der Waals surface area contributed by atoms with E-state index in [1.54, 1.807) is 25.1 Å². The molecule has 0 saturated carbocycles. The van der Waals surface area contributed by atoms with Gasteiger partial charge in [0, 0.05) is 11.8 Å². The highest BCUT2D eigenvalue weighted by Gasteiger charge is 2.07. The number of halogens is 1. The Balaban J connectivity index is 2.50. The van der Waals surface area contributed by atoms with Gasteiger partial charge in [-0.05, 0) is 19.1 Å². The van der Waals surface area contributed by atoms with E-state index in [0.29, 0.717) is 16.5 Å². The van der Waals surface area contributed by atoms with Crippen molar-refractivity contribution in [2.24, 2.45) is 0 Å². The van der Waals surface area contributed by atoms with Gasteiger partial charge in [-0.2, -0.15) is 0 Å². The van der Waals surface area contributed by atoms with Crippen molar-refractivity contribution in [3.05, 3.63) is 23.2 Å². The molecule has 0 spiro atoms. The Morgan fingerprint density at radius 2 is 2.11 bits per heavy atom. The van der Waals surface area contributed by atoms with Gasteiger partial charge in [-0.3, -0.25) is 4.79 Å². The topological polar surface area (TPSA) is 76.7 Å². The van der Waals surface area contributed by atoms with Crippen molar-refractivity contribution in [3.8, 4) is 5.75 Å². The van der Waals surface area contributed by atoms with E-state index in [4.69, 9.17) is 16.3 Å². The number of urea groups is 1. The Bertz CT molecular complexity index is 465. The molecule has 1 aromatic rings. The average molecular weight is 287 g/mol. The molecule has 2 amide bonds. The number of hydrogen-bond acceptors (Lipinski definition) is 4. The Morgan fingerprint density at radius 3 is 2.74 bits per heavy atom. The highest BCUT2D eigenvalue weighted by molar-refractivity contribution is 6.32. The molecule has 0 atom stereocenters. The first-order valence-electron chi connectivity index (χ1n) is 5.60. The molecular formula is C12H15ClN2O4. The average Bonchev–Trinajstić information content (AvgIpc) is 2.39. The molecule has 6 nitrogen and oxygen atoms in total. The second-order valence-electron chi connectivity index (χ2n) is 3.46. The third-order valence-corrected chi connectivity index (χ3v) is 2.42. The molecule has 2 N–H and O–H groups in total. The number of carbonyl (C=O) groups is 2. The quantitative estimate of drug-likeness (QED) is 0.812. The zero-order valence-corrected chi connectivity index (χ0v) is 11.4. The lowest BCUT2D eigenvalue weighted by molar-refractivity contribution is -0.141. The Hall–Kier alpha value is -1.95. The van der Waals surface area contributed by atoms with Crippen molar-refractivity contribution in [2.45, 2.75) is 6.92 Å². The maximum absolute atomic E-state index is 11.5. The van der Waals surface area contributed by atoms with Gasteiger partial charge in [0.25, 0.3) is 0 Å². The molecule has 19 heavy (non-hydrogen) atoms. The third kappa shape index (κ3) is 5.05. The van der Waals surface area contributed by atoms with Gasteiger partial charge in [-0.25, -0.2) is 4.79 Å². The molecule has 0 radical (unpaired) electrons. The van der Waals surface area contributed by atoms with Crippen molar-refractivity contribution in [1.82, 2.24) is 5.32 Å². The molecule has 0 aliphatic rings. The first kappa shape index (κ1) is 15.1. The fourth-order valence-corrected chi connectivity index (χ4v) is 1.47. The van der Waals surface area contributed by atoms with Crippen LogP contribution < -0.4 is 15.4 Å². The number of nitrogens with one attached hydrogen (secondary N) is 2. The van der Waals surface area contributed by atoms with Crippen LogP contribution >= 0.6 is 11.6 Å². The molecule has 1 aromatic carbocycles. The monoisotopic (exact) mass is 286 g/mol. The largest absolute Gasteiger partial charge is 0.495 e. The summed E-state index contributed by atoms with van der Waals surface area (Å²) in [4.78, 5) is 22.5. The number of ether oxygens (including phenoxy) is 2. The molecule has 1 rings (SSSR count). The maximum atomic E-state index is 11.5. The summed E-state index contributed by atoms with van der Waals surface area (Å²) in [6, 6.07) is 4.28. The highest BCUT2D eigenvalue weighted by atomic mass is 35.5. The van der Waals surface area contributed by atoms with Crippen LogP contribution in [0.25, 0.3) is 0 Å². The van der Waals surface area contributed by atoms with Crippen LogP contribution in [-0.2, 0) is 9.53 Å². The molecule has 0 saturated heterocycles. The minimum atomic E-state index is -0.516. The van der Waals surface area contributed by atoms with E-state index in [-0.39, 0.29) is 13.2 Å². The SMILES string of the molecule is CCOC(=O)CNC(=O)Nc1ccc(Cl)c(OC)c1. The number of benzene rings is 1. The predicted molar refractivity (Wildman–Crippen MR) is 71.7 cm³/mol. The van der Waals surface area contributed by atoms with Crippen LogP contribution in [0.5, 0.6) is 5.75 Å². The second-order valence-corrected chi connectivity index (χ2v) is 3.87. The zero-order chi connectivity index (χ0) is 14.3. The van der Waals surface area contributed by atoms with Gasteiger partial charge >= 0.3 is 12.0 Å². The Labute approximate surface area is 116 Å². The molecule has 0 fully saturated rings. The highest BCUT2D eigenvalue weighted by Crippen LogP contribution is 2.27. The normalized spacial score (nSPS) is 9.63. The van der Waals surface area contributed by atoms with Crippen LogP contribution in [0.3, 0.4) is 0 Å². The van der Waals surface area contributed by atoms with Crippen LogP contribution in [0.1, 0.15) is 6.92 Å². The van der Waals surface area contributed by atoms with Crippen molar-refractivity contribution in [3.63, 3.8) is 0 Å². The lowest BCUT2D eigenvalue weighted by atomic mass is 10.3. The smallest absolute Gasteiger partial charge is 0.325 e. The molecule has 104 valence electrons. The van der Waals surface area contributed by atoms with E-state index in [1.165, 1.54) is 7.11 Å². The standard InChI is InChI=1S/C12H15ClN2O4/c1-3-19-11(16)7-14-12(17)15-8-4-5-9(13)10(6-8)18-2/h4-6H,3,7H2,1-2H3,(H2,14,15,17). The molecule has 0 bridgehead atoms. The summed E-state index contributed by atoms with van der Waals surface area (Å²) in [5.74, 6) is -0.0452. The molecular weight excluding hydrogens is 272 g/mol. The summed E-state index contributed by atoms with van der Waals surface area (Å²) in [5.41, 5.74) is 0.502. The molecule has 0 heterocycles. The summed E-state index contributed by atoms with van der Waals surface area (Å²) >= 11 is 5.86. The van der Waals surface area contributed by atoms with Gasteiger partial charge < -0.3 is 20.1 Å². The number of amides is 2. The zero-order valence-electron chi connectivity index (χ0n) is 10.7. The minimum Gasteiger partial charge on any atom is -0.495 e. The van der Waals surface area contributed by atoms with Crippen molar-refractivity contribution >= 4 is 29.3 Å². The van der Waals surface area contributed by atoms with Crippen molar-refractivity contribution in [2.75, 3.05) is 25.6 Å². The van der Waals surface area contributed by atoms with Gasteiger partial charge in [0.05, 0.1) is 18.7 Å². The van der Waals surface area contributed by atoms with Crippen LogP contribution in [0.4, 0.5) is 10.5 Å². The van der Waals surface area contributed by atoms with Crippen LogP contribution in [0.2, 0.25) is 5.02 Å². The van der Waals surface area contributed by atoms with E-state index >= 15 is 0 Å². The minimum absolute atomic E-state index is 0.190. The summed E-state index contributed by atoms with van der Waals surface area (Å²) in [5, 5.41) is 5.36. The number of carbonyl (C=O) groups excluding carboxylic acids is 2. The Kier molecular flexibility index (Phi) is 5.95. The lowest BCUT2D eigenvalue weighted by Gasteiger charge is -2.09. The summed E-state index contributed by atoms with van der Waals surface area (Å²) < 4.78 is 9.70. The number of rotatable bonds is 5. The fraction of sp³-hybridized carbons (Fsp3) is 0.333. The van der Waals surface area contributed by atoms with Crippen LogP contribution in [0, 0.1) is 0 Å². The van der Waals surface area contributed by atoms with Gasteiger partial charge in [0.15, 0.2) is 0 Å². The number of methoxy groups -OCH3 is 1. The summed E-state index contributed by atoms with van der Waals surface area (Å²) in [6.45, 7) is 1.78. The Morgan fingerprint density at radius 1 is 1.37 bits per heavy atom. The van der Waals surface area contributed by atoms with Gasteiger partial charge in [-0.1, -0.05) is 11.6 Å². The third-order valence-electron chi connectivity index (χ3n) is 2.11. The van der Waals surface area contributed by atoms with E-state index in [1.807, 2.05) is 0 Å². The summed E-state index contributed by atoms with van der Waals surface area (Å²) in [7, 11) is 1.48. The molecule has 0 unspecified atom stereocenters. The van der Waals surface area contributed by atoms with Crippen LogP contribution in [0.15, 0.2) is 18.2 Å². The van der Waals surface area contributed by atoms with Gasteiger partial charge in [0.2, 0.25) is 0 Å². The molecule has 0 aliphatic heterocycles. The second kappa shape index (κ2) is 7.48. The van der Waals surface area contributed by atoms with E-state index < -0.39 is 12.0 Å². The van der Waals surface area contributed by atoms with Gasteiger partial charge in [-0.15, -0.1) is 0 Å². The maximum Gasteiger partial charge on any atom is 0.325 e. The first-order chi connectivity index (χ1) is 9.06.